The number of hydrogen-bond donors (Lipinski definition) is 2. The maximum Gasteiger partial charge on any atom is 0.269 e. The molecule has 0 aliphatic heterocycles. The molecule has 1 amide bonds. The van der Waals surface area contributed by atoms with Crippen LogP contribution in [0.5, 0.6) is 11.5 Å². The first kappa shape index (κ1) is 13.4. The van der Waals surface area contributed by atoms with E-state index in [2.05, 4.69) is 10.3 Å². The van der Waals surface area contributed by atoms with Crippen LogP contribution in [0.15, 0.2) is 42.6 Å². The van der Waals surface area contributed by atoms with Gasteiger partial charge in [0.2, 0.25) is 0 Å². The molecule has 21 heavy (non-hydrogen) atoms. The summed E-state index contributed by atoms with van der Waals surface area (Å²) < 4.78 is 6.84. The summed E-state index contributed by atoms with van der Waals surface area (Å²) in [5.41, 5.74) is 6.10. The number of nitrogen functional groups attached to an aromatic ring is 1. The lowest BCUT2D eigenvalue weighted by atomic mass is 10.2. The number of nitrogens with zero attached hydrogens (tertiary/aromatic N) is 1. The standard InChI is InChI=1S/C15H13N3O2S/c1-17-15(19)12-7-11(4-5-18-12)20-10-3-2-9-6-14(16)21-13(9)8-10/h2-8H,16H2,1H3,(H,17,19). The van der Waals surface area contributed by atoms with Crippen molar-refractivity contribution in [3.63, 3.8) is 0 Å². The summed E-state index contributed by atoms with van der Waals surface area (Å²) >= 11 is 1.51. The highest BCUT2D eigenvalue weighted by atomic mass is 32.1. The Morgan fingerprint density at radius 1 is 1.24 bits per heavy atom. The smallest absolute Gasteiger partial charge is 0.269 e. The van der Waals surface area contributed by atoms with Crippen LogP contribution in [0.2, 0.25) is 0 Å². The third kappa shape index (κ3) is 2.80. The molecule has 0 spiro atoms. The molecule has 3 N–H and O–H groups in total. The zero-order valence-electron chi connectivity index (χ0n) is 11.3. The fraction of sp³-hybridized carbons (Fsp3) is 0.0667. The van der Waals surface area contributed by atoms with Gasteiger partial charge in [-0.3, -0.25) is 9.78 Å². The summed E-state index contributed by atoms with van der Waals surface area (Å²) in [5.74, 6) is 1.01. The number of anilines is 1. The van der Waals surface area contributed by atoms with Crippen LogP contribution in [0, 0.1) is 0 Å². The van der Waals surface area contributed by atoms with Crippen LogP contribution < -0.4 is 15.8 Å². The van der Waals surface area contributed by atoms with Crippen molar-refractivity contribution < 1.29 is 9.53 Å². The minimum Gasteiger partial charge on any atom is -0.457 e. The minimum atomic E-state index is -0.248. The van der Waals surface area contributed by atoms with Crippen molar-refractivity contribution in [1.29, 1.82) is 0 Å². The van der Waals surface area contributed by atoms with Gasteiger partial charge in [0.05, 0.1) is 5.00 Å². The number of carbonyl (C=O) groups excluding carboxylic acids is 1. The van der Waals surface area contributed by atoms with Crippen LogP contribution in [-0.4, -0.2) is 17.9 Å². The van der Waals surface area contributed by atoms with Gasteiger partial charge in [0.1, 0.15) is 17.2 Å². The van der Waals surface area contributed by atoms with Crippen molar-refractivity contribution in [3.8, 4) is 11.5 Å². The van der Waals surface area contributed by atoms with E-state index >= 15 is 0 Å². The van der Waals surface area contributed by atoms with E-state index in [1.807, 2.05) is 24.3 Å². The molecule has 106 valence electrons. The lowest BCUT2D eigenvalue weighted by Gasteiger charge is -2.06. The van der Waals surface area contributed by atoms with Crippen LogP contribution in [0.1, 0.15) is 10.5 Å². The zero-order chi connectivity index (χ0) is 14.8. The number of ether oxygens (including phenoxy) is 1. The Bertz CT molecular complexity index is 814. The molecular formula is C15H13N3O2S. The molecule has 1 aromatic carbocycles. The molecule has 2 aromatic heterocycles. The number of fused-ring (bicyclic) bond motifs is 1. The number of nitrogens with two attached hydrogens (primary N) is 1. The summed E-state index contributed by atoms with van der Waals surface area (Å²) in [7, 11) is 1.56. The van der Waals surface area contributed by atoms with Gasteiger partial charge in [-0.15, -0.1) is 11.3 Å². The van der Waals surface area contributed by atoms with Gasteiger partial charge >= 0.3 is 0 Å². The first-order valence-corrected chi connectivity index (χ1v) is 7.12. The number of benzene rings is 1. The van der Waals surface area contributed by atoms with E-state index in [1.165, 1.54) is 11.3 Å². The van der Waals surface area contributed by atoms with E-state index in [9.17, 15) is 4.79 Å². The number of pyridine rings is 1. The number of amides is 1. The SMILES string of the molecule is CNC(=O)c1cc(Oc2ccc3cc(N)sc3c2)ccn1. The summed E-state index contributed by atoms with van der Waals surface area (Å²) in [6.45, 7) is 0. The summed E-state index contributed by atoms with van der Waals surface area (Å²) in [4.78, 5) is 15.6. The summed E-state index contributed by atoms with van der Waals surface area (Å²) in [6.07, 6.45) is 1.54. The van der Waals surface area contributed by atoms with Crippen molar-refractivity contribution in [1.82, 2.24) is 10.3 Å². The number of carbonyl (C=O) groups is 1. The van der Waals surface area contributed by atoms with Gasteiger partial charge in [0.25, 0.3) is 5.91 Å². The van der Waals surface area contributed by atoms with E-state index in [0.29, 0.717) is 17.2 Å². The van der Waals surface area contributed by atoms with E-state index in [-0.39, 0.29) is 5.91 Å². The second kappa shape index (κ2) is 5.41. The number of rotatable bonds is 3. The largest absolute Gasteiger partial charge is 0.457 e. The Hall–Kier alpha value is -2.60. The van der Waals surface area contributed by atoms with Crippen LogP contribution in [0.3, 0.4) is 0 Å². The summed E-state index contributed by atoms with van der Waals surface area (Å²) in [5, 5.41) is 4.39. The van der Waals surface area contributed by atoms with Crippen LogP contribution in [0.25, 0.3) is 10.1 Å². The molecule has 5 nitrogen and oxygen atoms in total. The lowest BCUT2D eigenvalue weighted by molar-refractivity contribution is 0.0958. The van der Waals surface area contributed by atoms with Crippen molar-refractivity contribution in [2.75, 3.05) is 12.8 Å². The Kier molecular flexibility index (Phi) is 3.45. The van der Waals surface area contributed by atoms with Gasteiger partial charge < -0.3 is 15.8 Å². The molecule has 3 rings (SSSR count). The molecule has 0 saturated heterocycles. The monoisotopic (exact) mass is 299 g/mol. The fourth-order valence-corrected chi connectivity index (χ4v) is 2.82. The Morgan fingerprint density at radius 2 is 2.05 bits per heavy atom. The average molecular weight is 299 g/mol. The number of aromatic nitrogens is 1. The Morgan fingerprint density at radius 3 is 2.86 bits per heavy atom. The molecule has 0 saturated carbocycles. The lowest BCUT2D eigenvalue weighted by Crippen LogP contribution is -2.18. The minimum absolute atomic E-state index is 0.248. The molecule has 0 atom stereocenters. The molecule has 6 heteroatoms. The van der Waals surface area contributed by atoms with E-state index < -0.39 is 0 Å². The highest BCUT2D eigenvalue weighted by molar-refractivity contribution is 7.22. The molecule has 0 fully saturated rings. The highest BCUT2D eigenvalue weighted by Gasteiger charge is 2.07. The number of nitrogens with one attached hydrogen (secondary N) is 1. The molecule has 2 heterocycles. The Labute approximate surface area is 125 Å². The van der Waals surface area contributed by atoms with Crippen molar-refractivity contribution in [3.05, 3.63) is 48.3 Å². The van der Waals surface area contributed by atoms with E-state index in [4.69, 9.17) is 10.5 Å². The van der Waals surface area contributed by atoms with Gasteiger partial charge in [-0.1, -0.05) is 0 Å². The first-order valence-electron chi connectivity index (χ1n) is 6.31. The second-order valence-electron chi connectivity index (χ2n) is 4.41. The number of thiophene rings is 1. The molecule has 0 aliphatic carbocycles. The molecule has 3 aromatic rings. The van der Waals surface area contributed by atoms with E-state index in [1.54, 1.807) is 25.4 Å². The van der Waals surface area contributed by atoms with Gasteiger partial charge in [-0.05, 0) is 35.7 Å². The third-order valence-electron chi connectivity index (χ3n) is 2.94. The van der Waals surface area contributed by atoms with Crippen molar-refractivity contribution in [2.45, 2.75) is 0 Å². The average Bonchev–Trinajstić information content (AvgIpc) is 2.86. The summed E-state index contributed by atoms with van der Waals surface area (Å²) in [6, 6.07) is 11.0. The first-order chi connectivity index (χ1) is 10.2. The molecule has 0 aliphatic rings. The van der Waals surface area contributed by atoms with Gasteiger partial charge in [-0.2, -0.15) is 0 Å². The van der Waals surface area contributed by atoms with Gasteiger partial charge in [0.15, 0.2) is 0 Å². The quantitative estimate of drug-likeness (QED) is 0.779. The number of hydrogen-bond acceptors (Lipinski definition) is 5. The van der Waals surface area contributed by atoms with Crippen molar-refractivity contribution >= 4 is 32.3 Å². The second-order valence-corrected chi connectivity index (χ2v) is 5.52. The van der Waals surface area contributed by atoms with Gasteiger partial charge in [0, 0.05) is 24.0 Å². The van der Waals surface area contributed by atoms with Crippen molar-refractivity contribution in [2.24, 2.45) is 0 Å². The van der Waals surface area contributed by atoms with Crippen LogP contribution in [0.4, 0.5) is 5.00 Å². The van der Waals surface area contributed by atoms with Crippen LogP contribution in [-0.2, 0) is 0 Å². The molecule has 0 radical (unpaired) electrons. The highest BCUT2D eigenvalue weighted by Crippen LogP contribution is 2.32. The van der Waals surface area contributed by atoms with Gasteiger partial charge in [-0.25, -0.2) is 0 Å². The van der Waals surface area contributed by atoms with E-state index in [0.717, 1.165) is 15.1 Å². The zero-order valence-corrected chi connectivity index (χ0v) is 12.1. The maximum atomic E-state index is 11.6. The molecular weight excluding hydrogens is 286 g/mol. The third-order valence-corrected chi connectivity index (χ3v) is 3.86. The molecule has 0 unspecified atom stereocenters. The molecule has 0 bridgehead atoms. The normalized spacial score (nSPS) is 10.5. The van der Waals surface area contributed by atoms with Crippen LogP contribution >= 0.6 is 11.3 Å². The maximum absolute atomic E-state index is 11.6. The predicted octanol–water partition coefficient (Wildman–Crippen LogP) is 3.03. The topological polar surface area (TPSA) is 77.2 Å². The fourth-order valence-electron chi connectivity index (χ4n) is 1.96. The predicted molar refractivity (Wildman–Crippen MR) is 83.9 cm³/mol. The Balaban J connectivity index is 1.89.